The number of nitrogens with one attached hydrogen (secondary N) is 2. The summed E-state index contributed by atoms with van der Waals surface area (Å²) in [5, 5.41) is 14.9. The SMILES string of the molecule is CC(C)CN(CC(C)C)c1cc(NC(=O)Nc2ccccc2F)cc(-c2ccccc2C(=O)O)n1. The summed E-state index contributed by atoms with van der Waals surface area (Å²) in [5.74, 6) is -0.293. The number of hydrogen-bond acceptors (Lipinski definition) is 4. The van der Waals surface area contributed by atoms with Crippen LogP contribution in [0, 0.1) is 17.7 Å². The first-order valence-electron chi connectivity index (χ1n) is 11.6. The molecule has 0 radical (unpaired) electrons. The van der Waals surface area contributed by atoms with Crippen LogP contribution in [0.1, 0.15) is 38.1 Å². The minimum absolute atomic E-state index is 0.0527. The number of amides is 2. The summed E-state index contributed by atoms with van der Waals surface area (Å²) in [5.41, 5.74) is 1.43. The molecule has 0 saturated carbocycles. The Hall–Kier alpha value is -3.94. The normalized spacial score (nSPS) is 10.9. The van der Waals surface area contributed by atoms with Crippen molar-refractivity contribution in [2.45, 2.75) is 27.7 Å². The molecule has 2 aromatic carbocycles. The van der Waals surface area contributed by atoms with Crippen LogP contribution >= 0.6 is 0 Å². The van der Waals surface area contributed by atoms with Crippen molar-refractivity contribution in [1.82, 2.24) is 4.98 Å². The van der Waals surface area contributed by atoms with Crippen molar-refractivity contribution in [1.29, 1.82) is 0 Å². The third-order valence-electron chi connectivity index (χ3n) is 5.12. The lowest BCUT2D eigenvalue weighted by atomic mass is 10.0. The van der Waals surface area contributed by atoms with Gasteiger partial charge in [-0.25, -0.2) is 19.0 Å². The maximum atomic E-state index is 14.0. The Morgan fingerprint density at radius 3 is 2.20 bits per heavy atom. The molecule has 0 bridgehead atoms. The maximum Gasteiger partial charge on any atom is 0.336 e. The van der Waals surface area contributed by atoms with Gasteiger partial charge in [0.2, 0.25) is 0 Å². The third-order valence-corrected chi connectivity index (χ3v) is 5.12. The number of carboxylic acids is 1. The van der Waals surface area contributed by atoms with Crippen molar-refractivity contribution in [3.63, 3.8) is 0 Å². The second-order valence-corrected chi connectivity index (χ2v) is 9.20. The van der Waals surface area contributed by atoms with Crippen molar-refractivity contribution in [2.24, 2.45) is 11.8 Å². The third kappa shape index (κ3) is 7.02. The summed E-state index contributed by atoms with van der Waals surface area (Å²) >= 11 is 0. The molecule has 3 aromatic rings. The molecule has 0 spiro atoms. The van der Waals surface area contributed by atoms with E-state index in [1.54, 1.807) is 36.4 Å². The Balaban J connectivity index is 2.04. The monoisotopic (exact) mass is 478 g/mol. The number of carbonyl (C=O) groups excluding carboxylic acids is 1. The largest absolute Gasteiger partial charge is 0.478 e. The van der Waals surface area contributed by atoms with Crippen molar-refractivity contribution >= 4 is 29.2 Å². The highest BCUT2D eigenvalue weighted by atomic mass is 19.1. The van der Waals surface area contributed by atoms with Crippen LogP contribution in [-0.4, -0.2) is 35.2 Å². The Bertz CT molecular complexity index is 1190. The predicted octanol–water partition coefficient (Wildman–Crippen LogP) is 6.35. The molecule has 0 aliphatic carbocycles. The number of hydrogen-bond donors (Lipinski definition) is 3. The van der Waals surface area contributed by atoms with E-state index in [1.165, 1.54) is 24.3 Å². The molecular weight excluding hydrogens is 447 g/mol. The number of carbonyl (C=O) groups is 2. The fraction of sp³-hybridized carbons (Fsp3) is 0.296. The lowest BCUT2D eigenvalue weighted by molar-refractivity contribution is 0.0697. The number of carboxylic acid groups (broad SMARTS) is 1. The second-order valence-electron chi connectivity index (χ2n) is 9.20. The van der Waals surface area contributed by atoms with Crippen molar-refractivity contribution in [2.75, 3.05) is 28.6 Å². The average Bonchev–Trinajstić information content (AvgIpc) is 2.79. The molecule has 1 heterocycles. The van der Waals surface area contributed by atoms with E-state index in [1.807, 2.05) is 0 Å². The topological polar surface area (TPSA) is 94.6 Å². The van der Waals surface area contributed by atoms with E-state index >= 15 is 0 Å². The van der Waals surface area contributed by atoms with Crippen molar-refractivity contribution in [3.05, 3.63) is 72.0 Å². The molecule has 3 N–H and O–H groups in total. The van der Waals surface area contributed by atoms with Crippen LogP contribution in [0.4, 0.5) is 26.4 Å². The standard InChI is InChI=1S/C27H31FN4O3/c1-17(2)15-32(16-18(3)4)25-14-19(29-27(35)31-23-12-8-7-11-22(23)28)13-24(30-25)20-9-5-6-10-21(20)26(33)34/h5-14,17-18H,15-16H2,1-4H3,(H,33,34)(H2,29,30,31,35). The molecule has 2 amide bonds. The molecule has 0 aliphatic rings. The summed E-state index contributed by atoms with van der Waals surface area (Å²) in [6, 6.07) is 15.2. The summed E-state index contributed by atoms with van der Waals surface area (Å²) in [4.78, 5) is 31.4. The number of halogens is 1. The fourth-order valence-corrected chi connectivity index (χ4v) is 3.77. The average molecular weight is 479 g/mol. The molecule has 184 valence electrons. The van der Waals surface area contributed by atoms with Crippen LogP contribution in [0.15, 0.2) is 60.7 Å². The van der Waals surface area contributed by atoms with Gasteiger partial charge < -0.3 is 20.6 Å². The molecule has 35 heavy (non-hydrogen) atoms. The van der Waals surface area contributed by atoms with Crippen LogP contribution in [0.25, 0.3) is 11.3 Å². The Labute approximate surface area is 205 Å². The van der Waals surface area contributed by atoms with Gasteiger partial charge in [0.25, 0.3) is 0 Å². The molecule has 0 aliphatic heterocycles. The van der Waals surface area contributed by atoms with Gasteiger partial charge in [-0.3, -0.25) is 0 Å². The number of aromatic carboxylic acids is 1. The van der Waals surface area contributed by atoms with Gasteiger partial charge >= 0.3 is 12.0 Å². The summed E-state index contributed by atoms with van der Waals surface area (Å²) in [6.07, 6.45) is 0. The Kier molecular flexibility index (Phi) is 8.41. The highest BCUT2D eigenvalue weighted by Crippen LogP contribution is 2.29. The number of para-hydroxylation sites is 1. The van der Waals surface area contributed by atoms with E-state index < -0.39 is 17.8 Å². The Morgan fingerprint density at radius 2 is 1.57 bits per heavy atom. The van der Waals surface area contributed by atoms with E-state index in [4.69, 9.17) is 4.98 Å². The zero-order valence-electron chi connectivity index (χ0n) is 20.4. The highest BCUT2D eigenvalue weighted by molar-refractivity contribution is 6.01. The van der Waals surface area contributed by atoms with Gasteiger partial charge in [-0.05, 0) is 36.1 Å². The molecule has 8 heteroatoms. The van der Waals surface area contributed by atoms with Crippen LogP contribution in [0.2, 0.25) is 0 Å². The zero-order valence-corrected chi connectivity index (χ0v) is 20.4. The second kappa shape index (κ2) is 11.5. The van der Waals surface area contributed by atoms with Gasteiger partial charge in [-0.1, -0.05) is 58.0 Å². The first-order chi connectivity index (χ1) is 16.6. The van der Waals surface area contributed by atoms with Crippen LogP contribution in [0.5, 0.6) is 0 Å². The summed E-state index contributed by atoms with van der Waals surface area (Å²) in [7, 11) is 0. The predicted molar refractivity (Wildman–Crippen MR) is 138 cm³/mol. The number of urea groups is 1. The fourth-order valence-electron chi connectivity index (χ4n) is 3.77. The molecular formula is C27H31FN4O3. The van der Waals surface area contributed by atoms with Gasteiger partial charge in [-0.2, -0.15) is 0 Å². The molecule has 1 aromatic heterocycles. The van der Waals surface area contributed by atoms with E-state index in [0.717, 1.165) is 13.1 Å². The van der Waals surface area contributed by atoms with Crippen LogP contribution in [0.3, 0.4) is 0 Å². The van der Waals surface area contributed by atoms with Crippen molar-refractivity contribution < 1.29 is 19.1 Å². The quantitative estimate of drug-likeness (QED) is 0.333. The van der Waals surface area contributed by atoms with Crippen molar-refractivity contribution in [3.8, 4) is 11.3 Å². The van der Waals surface area contributed by atoms with E-state index in [2.05, 4.69) is 43.2 Å². The molecule has 0 fully saturated rings. The lowest BCUT2D eigenvalue weighted by Crippen LogP contribution is -2.32. The number of aromatic nitrogens is 1. The van der Waals surface area contributed by atoms with Gasteiger partial charge in [0, 0.05) is 30.4 Å². The van der Waals surface area contributed by atoms with E-state index in [9.17, 15) is 19.1 Å². The minimum Gasteiger partial charge on any atom is -0.478 e. The number of benzene rings is 2. The van der Waals surface area contributed by atoms with Gasteiger partial charge in [-0.15, -0.1) is 0 Å². The van der Waals surface area contributed by atoms with Crippen LogP contribution in [-0.2, 0) is 0 Å². The molecule has 0 atom stereocenters. The van der Waals surface area contributed by atoms with Gasteiger partial charge in [0.15, 0.2) is 0 Å². The maximum absolute atomic E-state index is 14.0. The van der Waals surface area contributed by atoms with E-state index in [-0.39, 0.29) is 11.3 Å². The van der Waals surface area contributed by atoms with Gasteiger partial charge in [0.05, 0.1) is 16.9 Å². The number of pyridine rings is 1. The minimum atomic E-state index is -1.07. The number of anilines is 3. The zero-order chi connectivity index (χ0) is 25.5. The molecule has 3 rings (SSSR count). The summed E-state index contributed by atoms with van der Waals surface area (Å²) < 4.78 is 14.0. The highest BCUT2D eigenvalue weighted by Gasteiger charge is 2.18. The van der Waals surface area contributed by atoms with E-state index in [0.29, 0.717) is 34.6 Å². The van der Waals surface area contributed by atoms with Crippen LogP contribution < -0.4 is 15.5 Å². The Morgan fingerprint density at radius 1 is 0.943 bits per heavy atom. The molecule has 0 saturated heterocycles. The lowest BCUT2D eigenvalue weighted by Gasteiger charge is -2.28. The molecule has 7 nitrogen and oxygen atoms in total. The number of nitrogens with zero attached hydrogens (tertiary/aromatic N) is 2. The smallest absolute Gasteiger partial charge is 0.336 e. The van der Waals surface area contributed by atoms with Gasteiger partial charge in [0.1, 0.15) is 11.6 Å². The first-order valence-corrected chi connectivity index (χ1v) is 11.6. The summed E-state index contributed by atoms with van der Waals surface area (Å²) in [6.45, 7) is 9.90. The first kappa shape index (κ1) is 25.7. The number of rotatable bonds is 9. The molecule has 0 unspecified atom stereocenters.